The van der Waals surface area contributed by atoms with Gasteiger partial charge in [0.1, 0.15) is 0 Å². The number of aromatic nitrogens is 2. The van der Waals surface area contributed by atoms with E-state index in [4.69, 9.17) is 16.3 Å². The van der Waals surface area contributed by atoms with Gasteiger partial charge in [0, 0.05) is 17.4 Å². The molecular formula is C17H12ClN3O2. The molecule has 0 radical (unpaired) electrons. The Morgan fingerprint density at radius 3 is 2.57 bits per heavy atom. The van der Waals surface area contributed by atoms with Gasteiger partial charge in [-0.1, -0.05) is 29.8 Å². The van der Waals surface area contributed by atoms with Gasteiger partial charge in [0.15, 0.2) is 5.75 Å². The number of benzene rings is 2. The van der Waals surface area contributed by atoms with Crippen LogP contribution in [0.25, 0.3) is 0 Å². The predicted octanol–water partition coefficient (Wildman–Crippen LogP) is 4.09. The average Bonchev–Trinajstić information content (AvgIpc) is 2.57. The van der Waals surface area contributed by atoms with Crippen LogP contribution in [0.1, 0.15) is 10.4 Å². The number of esters is 1. The van der Waals surface area contributed by atoms with Crippen molar-refractivity contribution >= 4 is 29.2 Å². The number of hydrogen-bond acceptors (Lipinski definition) is 5. The molecule has 1 N–H and O–H groups in total. The van der Waals surface area contributed by atoms with E-state index in [1.165, 1.54) is 0 Å². The molecule has 114 valence electrons. The number of rotatable bonds is 4. The quantitative estimate of drug-likeness (QED) is 0.578. The molecule has 3 rings (SSSR count). The number of hydrogen-bond donors (Lipinski definition) is 1. The van der Waals surface area contributed by atoms with Crippen molar-refractivity contribution in [2.24, 2.45) is 0 Å². The van der Waals surface area contributed by atoms with Crippen LogP contribution in [-0.2, 0) is 0 Å². The molecular weight excluding hydrogens is 314 g/mol. The largest absolute Gasteiger partial charge is 0.421 e. The van der Waals surface area contributed by atoms with Crippen LogP contribution in [-0.4, -0.2) is 15.9 Å². The van der Waals surface area contributed by atoms with Crippen molar-refractivity contribution in [2.75, 3.05) is 5.32 Å². The first-order valence-corrected chi connectivity index (χ1v) is 7.21. The van der Waals surface area contributed by atoms with Gasteiger partial charge in [-0.05, 0) is 36.4 Å². The molecule has 0 aliphatic carbocycles. The smallest absolute Gasteiger partial charge is 0.343 e. The normalized spacial score (nSPS) is 10.1. The summed E-state index contributed by atoms with van der Waals surface area (Å²) >= 11 is 5.89. The Balaban J connectivity index is 1.82. The van der Waals surface area contributed by atoms with Gasteiger partial charge in [-0.3, -0.25) is 0 Å². The number of para-hydroxylation sites is 2. The summed E-state index contributed by atoms with van der Waals surface area (Å²) in [6, 6.07) is 15.4. The van der Waals surface area contributed by atoms with E-state index < -0.39 is 5.97 Å². The number of carbonyl (C=O) groups is 1. The van der Waals surface area contributed by atoms with E-state index in [1.54, 1.807) is 60.9 Å². The van der Waals surface area contributed by atoms with E-state index in [2.05, 4.69) is 15.3 Å². The lowest BCUT2D eigenvalue weighted by molar-refractivity contribution is 0.0736. The fourth-order valence-electron chi connectivity index (χ4n) is 1.92. The van der Waals surface area contributed by atoms with Crippen LogP contribution in [0.5, 0.6) is 5.75 Å². The molecule has 0 atom stereocenters. The third kappa shape index (κ3) is 3.84. The average molecular weight is 326 g/mol. The Morgan fingerprint density at radius 1 is 1.00 bits per heavy atom. The number of carbonyl (C=O) groups excluding carboxylic acids is 1. The van der Waals surface area contributed by atoms with Crippen LogP contribution in [0.2, 0.25) is 5.02 Å². The number of nitrogens with zero attached hydrogens (tertiary/aromatic N) is 2. The summed E-state index contributed by atoms with van der Waals surface area (Å²) in [7, 11) is 0. The van der Waals surface area contributed by atoms with Crippen LogP contribution >= 0.6 is 11.6 Å². The predicted molar refractivity (Wildman–Crippen MR) is 88.2 cm³/mol. The van der Waals surface area contributed by atoms with Crippen LogP contribution in [0.4, 0.5) is 11.6 Å². The number of ether oxygens (including phenoxy) is 1. The molecule has 0 aliphatic rings. The number of anilines is 2. The van der Waals surface area contributed by atoms with Gasteiger partial charge in [0.2, 0.25) is 5.95 Å². The van der Waals surface area contributed by atoms with E-state index in [0.29, 0.717) is 28.0 Å². The molecule has 6 heteroatoms. The summed E-state index contributed by atoms with van der Waals surface area (Å²) in [5, 5.41) is 3.49. The Hall–Kier alpha value is -2.92. The molecule has 23 heavy (non-hydrogen) atoms. The first kappa shape index (κ1) is 15.0. The lowest BCUT2D eigenvalue weighted by Gasteiger charge is -2.11. The second-order valence-corrected chi connectivity index (χ2v) is 5.03. The van der Waals surface area contributed by atoms with Crippen LogP contribution < -0.4 is 10.1 Å². The van der Waals surface area contributed by atoms with Crippen molar-refractivity contribution in [2.45, 2.75) is 0 Å². The molecule has 0 spiro atoms. The first-order valence-electron chi connectivity index (χ1n) is 6.83. The zero-order chi connectivity index (χ0) is 16.1. The van der Waals surface area contributed by atoms with Gasteiger partial charge in [-0.15, -0.1) is 0 Å². The van der Waals surface area contributed by atoms with Gasteiger partial charge >= 0.3 is 5.97 Å². The molecule has 5 nitrogen and oxygen atoms in total. The minimum absolute atomic E-state index is 0.378. The summed E-state index contributed by atoms with van der Waals surface area (Å²) in [5.74, 6) is 0.305. The van der Waals surface area contributed by atoms with E-state index >= 15 is 0 Å². The molecule has 3 aromatic rings. The van der Waals surface area contributed by atoms with Gasteiger partial charge < -0.3 is 10.1 Å². The monoisotopic (exact) mass is 325 g/mol. The van der Waals surface area contributed by atoms with Crippen molar-refractivity contribution in [1.29, 1.82) is 0 Å². The minimum Gasteiger partial charge on any atom is -0.421 e. The Morgan fingerprint density at radius 2 is 1.78 bits per heavy atom. The molecule has 0 aliphatic heterocycles. The minimum atomic E-state index is -0.490. The maximum absolute atomic E-state index is 12.2. The van der Waals surface area contributed by atoms with Gasteiger partial charge in [0.05, 0.1) is 11.3 Å². The van der Waals surface area contributed by atoms with Crippen molar-refractivity contribution in [3.05, 3.63) is 77.6 Å². The summed E-state index contributed by atoms with van der Waals surface area (Å²) in [5.41, 5.74) is 0.970. The highest BCUT2D eigenvalue weighted by molar-refractivity contribution is 6.30. The van der Waals surface area contributed by atoms with Gasteiger partial charge in [-0.2, -0.15) is 0 Å². The third-order valence-corrected chi connectivity index (χ3v) is 3.20. The lowest BCUT2D eigenvalue weighted by Crippen LogP contribution is -2.10. The standard InChI is InChI=1S/C17H12ClN3O2/c18-13-6-3-5-12(11-13)16(22)23-15-8-2-1-7-14(15)21-17-19-9-4-10-20-17/h1-11H,(H,19,20,21). The molecule has 0 saturated carbocycles. The van der Waals surface area contributed by atoms with E-state index in [1.807, 2.05) is 6.07 Å². The Bertz CT molecular complexity index is 825. The highest BCUT2D eigenvalue weighted by atomic mass is 35.5. The van der Waals surface area contributed by atoms with Crippen LogP contribution in [0.15, 0.2) is 67.0 Å². The van der Waals surface area contributed by atoms with Gasteiger partial charge in [0.25, 0.3) is 0 Å². The molecule has 0 bridgehead atoms. The molecule has 0 saturated heterocycles. The Labute approximate surface area is 137 Å². The zero-order valence-corrected chi connectivity index (χ0v) is 12.7. The fraction of sp³-hybridized carbons (Fsp3) is 0. The topological polar surface area (TPSA) is 64.1 Å². The van der Waals surface area contributed by atoms with Gasteiger partial charge in [-0.25, -0.2) is 14.8 Å². The SMILES string of the molecule is O=C(Oc1ccccc1Nc1ncccn1)c1cccc(Cl)c1. The highest BCUT2D eigenvalue weighted by Crippen LogP contribution is 2.27. The van der Waals surface area contributed by atoms with E-state index in [9.17, 15) is 4.79 Å². The molecule has 0 amide bonds. The summed E-state index contributed by atoms with van der Waals surface area (Å²) < 4.78 is 5.44. The molecule has 1 aromatic heterocycles. The summed E-state index contributed by atoms with van der Waals surface area (Å²) in [6.45, 7) is 0. The fourth-order valence-corrected chi connectivity index (χ4v) is 2.11. The summed E-state index contributed by atoms with van der Waals surface area (Å²) in [4.78, 5) is 20.4. The van der Waals surface area contributed by atoms with E-state index in [-0.39, 0.29) is 0 Å². The summed E-state index contributed by atoms with van der Waals surface area (Å²) in [6.07, 6.45) is 3.24. The zero-order valence-electron chi connectivity index (χ0n) is 11.9. The number of halogens is 1. The van der Waals surface area contributed by atoms with Crippen LogP contribution in [0, 0.1) is 0 Å². The maximum atomic E-state index is 12.2. The maximum Gasteiger partial charge on any atom is 0.343 e. The van der Waals surface area contributed by atoms with Crippen molar-refractivity contribution in [1.82, 2.24) is 9.97 Å². The lowest BCUT2D eigenvalue weighted by atomic mass is 10.2. The second-order valence-electron chi connectivity index (χ2n) is 4.59. The molecule has 2 aromatic carbocycles. The third-order valence-electron chi connectivity index (χ3n) is 2.96. The van der Waals surface area contributed by atoms with Crippen molar-refractivity contribution < 1.29 is 9.53 Å². The van der Waals surface area contributed by atoms with Crippen molar-refractivity contribution in [3.8, 4) is 5.75 Å². The highest BCUT2D eigenvalue weighted by Gasteiger charge is 2.12. The van der Waals surface area contributed by atoms with Crippen LogP contribution in [0.3, 0.4) is 0 Å². The van der Waals surface area contributed by atoms with E-state index in [0.717, 1.165) is 0 Å². The molecule has 0 unspecified atom stereocenters. The number of nitrogens with one attached hydrogen (secondary N) is 1. The molecule has 1 heterocycles. The molecule has 0 fully saturated rings. The Kier molecular flexibility index (Phi) is 4.49. The van der Waals surface area contributed by atoms with Crippen molar-refractivity contribution in [3.63, 3.8) is 0 Å². The second kappa shape index (κ2) is 6.89. The first-order chi connectivity index (χ1) is 11.2.